The molecule has 3 rings (SSSR count). The Morgan fingerprint density at radius 2 is 1.89 bits per heavy atom. The summed E-state index contributed by atoms with van der Waals surface area (Å²) in [7, 11) is 5.33. The minimum atomic E-state index is -0.733. The third-order valence-electron chi connectivity index (χ3n) is 4.66. The number of hydrogen-bond acceptors (Lipinski definition) is 6. The van der Waals surface area contributed by atoms with Crippen molar-refractivity contribution in [3.8, 4) is 5.75 Å². The number of hydrogen-bond donors (Lipinski definition) is 1. The first-order valence-electron chi connectivity index (χ1n) is 8.92. The van der Waals surface area contributed by atoms with E-state index in [1.165, 1.54) is 4.90 Å². The Balaban J connectivity index is 2.10. The molecule has 1 aliphatic rings. The van der Waals surface area contributed by atoms with Gasteiger partial charge < -0.3 is 19.6 Å². The van der Waals surface area contributed by atoms with Crippen molar-refractivity contribution < 1.29 is 19.4 Å². The predicted octanol–water partition coefficient (Wildman–Crippen LogP) is 2.07. The number of amides is 1. The van der Waals surface area contributed by atoms with Crippen LogP contribution in [-0.4, -0.2) is 65.9 Å². The number of ketones is 1. The zero-order valence-corrected chi connectivity index (χ0v) is 16.1. The van der Waals surface area contributed by atoms with Crippen molar-refractivity contribution in [3.63, 3.8) is 0 Å². The molecule has 1 aliphatic heterocycles. The lowest BCUT2D eigenvalue weighted by Crippen LogP contribution is -2.35. The number of aromatic nitrogens is 1. The molecule has 1 N–H and O–H groups in total. The Kier molecular flexibility index (Phi) is 5.75. The molecule has 0 spiro atoms. The number of aliphatic hydroxyl groups is 1. The van der Waals surface area contributed by atoms with Gasteiger partial charge in [0.15, 0.2) is 0 Å². The molecule has 2 heterocycles. The third kappa shape index (κ3) is 3.75. The first kappa shape index (κ1) is 19.6. The molecule has 28 heavy (non-hydrogen) atoms. The van der Waals surface area contributed by atoms with Gasteiger partial charge in [0, 0.05) is 24.8 Å². The maximum Gasteiger partial charge on any atom is 0.295 e. The molecule has 1 amide bonds. The number of nitrogens with zero attached hydrogens (tertiary/aromatic N) is 3. The normalized spacial score (nSPS) is 18.7. The Morgan fingerprint density at radius 1 is 1.18 bits per heavy atom. The number of carbonyl (C=O) groups excluding carboxylic acids is 2. The highest BCUT2D eigenvalue weighted by molar-refractivity contribution is 6.46. The molecule has 146 valence electrons. The Hall–Kier alpha value is -3.19. The first-order valence-corrected chi connectivity index (χ1v) is 8.92. The molecular formula is C21H23N3O4. The molecule has 1 fully saturated rings. The molecule has 1 aromatic heterocycles. The smallest absolute Gasteiger partial charge is 0.295 e. The number of benzene rings is 1. The Labute approximate surface area is 163 Å². The van der Waals surface area contributed by atoms with E-state index in [-0.39, 0.29) is 11.3 Å². The van der Waals surface area contributed by atoms with Crippen molar-refractivity contribution in [2.75, 3.05) is 34.3 Å². The SMILES string of the molecule is COc1ccc(C(O)=C2C(=O)C(=O)N(CCN(C)C)C2c2ccccn2)cc1. The van der Waals surface area contributed by atoms with E-state index in [1.807, 2.05) is 19.0 Å². The molecule has 7 nitrogen and oxygen atoms in total. The van der Waals surface area contributed by atoms with E-state index in [1.54, 1.807) is 55.8 Å². The van der Waals surface area contributed by atoms with Gasteiger partial charge in [0.25, 0.3) is 11.7 Å². The van der Waals surface area contributed by atoms with E-state index in [0.717, 1.165) is 0 Å². The van der Waals surface area contributed by atoms with Crippen LogP contribution in [0.5, 0.6) is 5.75 Å². The second kappa shape index (κ2) is 8.22. The van der Waals surface area contributed by atoms with Gasteiger partial charge in [-0.3, -0.25) is 14.6 Å². The average Bonchev–Trinajstić information content (AvgIpc) is 2.97. The topological polar surface area (TPSA) is 83.0 Å². The highest BCUT2D eigenvalue weighted by atomic mass is 16.5. The number of Topliss-reactive ketones (excluding diaryl/α,β-unsaturated/α-hetero) is 1. The van der Waals surface area contributed by atoms with Crippen molar-refractivity contribution >= 4 is 17.4 Å². The highest BCUT2D eigenvalue weighted by Crippen LogP contribution is 2.38. The average molecular weight is 381 g/mol. The predicted molar refractivity (Wildman–Crippen MR) is 105 cm³/mol. The molecule has 0 saturated carbocycles. The molecule has 1 saturated heterocycles. The summed E-state index contributed by atoms with van der Waals surface area (Å²) in [6, 6.07) is 11.2. The first-order chi connectivity index (χ1) is 13.4. The summed E-state index contributed by atoms with van der Waals surface area (Å²) in [5.41, 5.74) is 1.02. The molecule has 1 atom stereocenters. The van der Waals surface area contributed by atoms with Crippen LogP contribution in [0.25, 0.3) is 5.76 Å². The lowest BCUT2D eigenvalue weighted by molar-refractivity contribution is -0.140. The van der Waals surface area contributed by atoms with Crippen molar-refractivity contribution in [2.45, 2.75) is 6.04 Å². The molecule has 0 radical (unpaired) electrons. The zero-order chi connectivity index (χ0) is 20.3. The third-order valence-corrected chi connectivity index (χ3v) is 4.66. The number of aliphatic hydroxyl groups excluding tert-OH is 1. The number of methoxy groups -OCH3 is 1. The van der Waals surface area contributed by atoms with E-state index >= 15 is 0 Å². The highest BCUT2D eigenvalue weighted by Gasteiger charge is 2.46. The van der Waals surface area contributed by atoms with Crippen LogP contribution in [0, 0.1) is 0 Å². The van der Waals surface area contributed by atoms with Crippen LogP contribution < -0.4 is 4.74 Å². The van der Waals surface area contributed by atoms with Crippen molar-refractivity contribution in [1.29, 1.82) is 0 Å². The van der Waals surface area contributed by atoms with Crippen LogP contribution in [0.15, 0.2) is 54.2 Å². The molecule has 0 bridgehead atoms. The van der Waals surface area contributed by atoms with E-state index in [2.05, 4.69) is 4.98 Å². The maximum absolute atomic E-state index is 12.8. The Morgan fingerprint density at radius 3 is 2.46 bits per heavy atom. The van der Waals surface area contributed by atoms with Gasteiger partial charge in [-0.15, -0.1) is 0 Å². The fourth-order valence-electron chi connectivity index (χ4n) is 3.17. The van der Waals surface area contributed by atoms with Gasteiger partial charge in [-0.1, -0.05) is 6.07 Å². The minimum Gasteiger partial charge on any atom is -0.507 e. The molecule has 0 aliphatic carbocycles. The van der Waals surface area contributed by atoms with Crippen LogP contribution >= 0.6 is 0 Å². The molecule has 1 aromatic carbocycles. The minimum absolute atomic E-state index is 0.0487. The van der Waals surface area contributed by atoms with Crippen LogP contribution in [0.3, 0.4) is 0 Å². The van der Waals surface area contributed by atoms with Crippen molar-refractivity contribution in [3.05, 3.63) is 65.5 Å². The Bertz CT molecular complexity index is 892. The van der Waals surface area contributed by atoms with Gasteiger partial charge >= 0.3 is 0 Å². The monoisotopic (exact) mass is 381 g/mol. The summed E-state index contributed by atoms with van der Waals surface area (Å²) in [6.45, 7) is 0.928. The molecule has 7 heteroatoms. The van der Waals surface area contributed by atoms with Gasteiger partial charge in [-0.05, 0) is 50.5 Å². The standard InChI is InChI=1S/C21H23N3O4/c1-23(2)12-13-24-18(16-6-4-5-11-22-16)17(20(26)21(24)27)19(25)14-7-9-15(28-3)10-8-14/h4-11,18,25H,12-13H2,1-3H3. The molecule has 2 aromatic rings. The fraction of sp³-hybridized carbons (Fsp3) is 0.286. The van der Waals surface area contributed by atoms with Crippen molar-refractivity contribution in [1.82, 2.24) is 14.8 Å². The number of carbonyl (C=O) groups is 2. The zero-order valence-electron chi connectivity index (χ0n) is 16.1. The van der Waals surface area contributed by atoms with E-state index in [0.29, 0.717) is 30.1 Å². The molecule has 1 unspecified atom stereocenters. The van der Waals surface area contributed by atoms with Crippen LogP contribution in [-0.2, 0) is 9.59 Å². The number of rotatable bonds is 6. The van der Waals surface area contributed by atoms with Gasteiger partial charge in [-0.25, -0.2) is 0 Å². The summed E-state index contributed by atoms with van der Waals surface area (Å²) in [6.07, 6.45) is 1.61. The van der Waals surface area contributed by atoms with Crippen LogP contribution in [0.4, 0.5) is 0 Å². The lowest BCUT2D eigenvalue weighted by atomic mass is 9.98. The summed E-state index contributed by atoms with van der Waals surface area (Å²) in [5.74, 6) is -0.927. The van der Waals surface area contributed by atoms with Gasteiger partial charge in [0.1, 0.15) is 17.6 Å². The van der Waals surface area contributed by atoms with Crippen LogP contribution in [0.2, 0.25) is 0 Å². The van der Waals surface area contributed by atoms with E-state index in [9.17, 15) is 14.7 Å². The number of ether oxygens (including phenoxy) is 1. The van der Waals surface area contributed by atoms with Gasteiger partial charge in [0.05, 0.1) is 18.4 Å². The van der Waals surface area contributed by atoms with Crippen molar-refractivity contribution in [2.24, 2.45) is 0 Å². The number of likely N-dealkylation sites (N-methyl/N-ethyl adjacent to an activating group) is 1. The second-order valence-electron chi connectivity index (χ2n) is 6.78. The fourth-order valence-corrected chi connectivity index (χ4v) is 3.17. The van der Waals surface area contributed by atoms with E-state index in [4.69, 9.17) is 4.74 Å². The second-order valence-corrected chi connectivity index (χ2v) is 6.78. The summed E-state index contributed by atoms with van der Waals surface area (Å²) in [5, 5.41) is 10.9. The summed E-state index contributed by atoms with van der Waals surface area (Å²) >= 11 is 0. The quantitative estimate of drug-likeness (QED) is 0.469. The number of pyridine rings is 1. The largest absolute Gasteiger partial charge is 0.507 e. The van der Waals surface area contributed by atoms with Crippen LogP contribution in [0.1, 0.15) is 17.3 Å². The summed E-state index contributed by atoms with van der Waals surface area (Å²) < 4.78 is 5.13. The summed E-state index contributed by atoms with van der Waals surface area (Å²) in [4.78, 5) is 33.3. The van der Waals surface area contributed by atoms with Gasteiger partial charge in [0.2, 0.25) is 0 Å². The van der Waals surface area contributed by atoms with E-state index < -0.39 is 17.7 Å². The molecular weight excluding hydrogens is 358 g/mol. The lowest BCUT2D eigenvalue weighted by Gasteiger charge is -2.25. The maximum atomic E-state index is 12.8. The van der Waals surface area contributed by atoms with Gasteiger partial charge in [-0.2, -0.15) is 0 Å². The number of likely N-dealkylation sites (tertiary alicyclic amines) is 1.